The van der Waals surface area contributed by atoms with Gasteiger partial charge in [0.15, 0.2) is 0 Å². The molecule has 2 rings (SSSR count). The number of aromatic carboxylic acids is 1. The molecule has 102 valence electrons. The Bertz CT molecular complexity index is 521. The zero-order chi connectivity index (χ0) is 14.0. The normalized spacial score (nSPS) is 16.5. The van der Waals surface area contributed by atoms with Crippen LogP contribution in [0, 0.1) is 5.41 Å². The van der Waals surface area contributed by atoms with Crippen LogP contribution in [0.15, 0.2) is 18.2 Å². The van der Waals surface area contributed by atoms with Crippen LogP contribution < -0.4 is 11.1 Å². The molecule has 1 aliphatic rings. The van der Waals surface area contributed by atoms with Gasteiger partial charge in [0, 0.05) is 11.6 Å². The Labute approximate surface area is 115 Å². The minimum atomic E-state index is -1.13. The molecule has 0 aliphatic heterocycles. The van der Waals surface area contributed by atoms with Gasteiger partial charge in [0.05, 0.1) is 16.7 Å². The van der Waals surface area contributed by atoms with Crippen LogP contribution in [0.4, 0.5) is 5.69 Å². The Kier molecular flexibility index (Phi) is 3.78. The Morgan fingerprint density at radius 2 is 2.11 bits per heavy atom. The standard InChI is InChI=1S/C13H15ClN2O3/c14-8-2-3-10(9(6-8)11(17)18)16-12(19)13(7-15)4-1-5-13/h2-3,6H,1,4-5,7,15H2,(H,16,19)(H,17,18). The number of halogens is 1. The lowest BCUT2D eigenvalue weighted by Gasteiger charge is -2.39. The molecule has 1 aliphatic carbocycles. The topological polar surface area (TPSA) is 92.4 Å². The number of amides is 1. The molecule has 0 atom stereocenters. The third-order valence-corrected chi connectivity index (χ3v) is 3.88. The first-order valence-electron chi connectivity index (χ1n) is 6.03. The SMILES string of the molecule is NCC1(C(=O)Nc2ccc(Cl)cc2C(=O)O)CCC1. The Balaban J connectivity index is 2.24. The van der Waals surface area contributed by atoms with Crippen LogP contribution in [-0.2, 0) is 4.79 Å². The van der Waals surface area contributed by atoms with Crippen LogP contribution in [-0.4, -0.2) is 23.5 Å². The monoisotopic (exact) mass is 282 g/mol. The van der Waals surface area contributed by atoms with E-state index in [4.69, 9.17) is 22.4 Å². The predicted molar refractivity (Wildman–Crippen MR) is 72.4 cm³/mol. The lowest BCUT2D eigenvalue weighted by Crippen LogP contribution is -2.47. The molecule has 1 aromatic rings. The average molecular weight is 283 g/mol. The molecule has 1 fully saturated rings. The van der Waals surface area contributed by atoms with Crippen molar-refractivity contribution in [2.45, 2.75) is 19.3 Å². The fraction of sp³-hybridized carbons (Fsp3) is 0.385. The number of carboxylic acid groups (broad SMARTS) is 1. The first-order chi connectivity index (χ1) is 8.98. The summed E-state index contributed by atoms with van der Waals surface area (Å²) in [5, 5.41) is 12.1. The van der Waals surface area contributed by atoms with Crippen LogP contribution in [0.3, 0.4) is 0 Å². The average Bonchev–Trinajstić information content (AvgIpc) is 2.30. The van der Waals surface area contributed by atoms with Gasteiger partial charge in [0.25, 0.3) is 0 Å². The maximum atomic E-state index is 12.2. The summed E-state index contributed by atoms with van der Waals surface area (Å²) in [6.45, 7) is 0.273. The highest BCUT2D eigenvalue weighted by atomic mass is 35.5. The van der Waals surface area contributed by atoms with Gasteiger partial charge in [-0.3, -0.25) is 4.79 Å². The van der Waals surface area contributed by atoms with Crippen molar-refractivity contribution in [3.8, 4) is 0 Å². The molecule has 6 heteroatoms. The van der Waals surface area contributed by atoms with E-state index >= 15 is 0 Å². The molecule has 1 amide bonds. The molecule has 0 spiro atoms. The highest BCUT2D eigenvalue weighted by molar-refractivity contribution is 6.31. The quantitative estimate of drug-likeness (QED) is 0.788. The second-order valence-electron chi connectivity index (χ2n) is 4.79. The summed E-state index contributed by atoms with van der Waals surface area (Å²) in [5.41, 5.74) is 5.33. The number of hydrogen-bond donors (Lipinski definition) is 3. The molecule has 19 heavy (non-hydrogen) atoms. The van der Waals surface area contributed by atoms with Gasteiger partial charge in [-0.05, 0) is 31.0 Å². The number of rotatable bonds is 4. The van der Waals surface area contributed by atoms with E-state index in [-0.39, 0.29) is 23.7 Å². The van der Waals surface area contributed by atoms with E-state index < -0.39 is 11.4 Å². The van der Waals surface area contributed by atoms with E-state index in [9.17, 15) is 9.59 Å². The molecule has 1 saturated carbocycles. The largest absolute Gasteiger partial charge is 0.478 e. The van der Waals surface area contributed by atoms with Crippen LogP contribution >= 0.6 is 11.6 Å². The van der Waals surface area contributed by atoms with Gasteiger partial charge in [0.1, 0.15) is 0 Å². The molecule has 0 unspecified atom stereocenters. The van der Waals surface area contributed by atoms with Gasteiger partial charge >= 0.3 is 5.97 Å². The van der Waals surface area contributed by atoms with Gasteiger partial charge in [-0.25, -0.2) is 4.79 Å². The van der Waals surface area contributed by atoms with E-state index in [1.54, 1.807) is 6.07 Å². The molecule has 0 bridgehead atoms. The highest BCUT2D eigenvalue weighted by Crippen LogP contribution is 2.41. The molecule has 5 nitrogen and oxygen atoms in total. The number of carbonyl (C=O) groups is 2. The van der Waals surface area contributed by atoms with Gasteiger partial charge in [-0.1, -0.05) is 18.0 Å². The van der Waals surface area contributed by atoms with Gasteiger partial charge in [-0.15, -0.1) is 0 Å². The third-order valence-electron chi connectivity index (χ3n) is 3.64. The van der Waals surface area contributed by atoms with E-state index in [1.165, 1.54) is 12.1 Å². The molecular weight excluding hydrogens is 268 g/mol. The number of hydrogen-bond acceptors (Lipinski definition) is 3. The molecule has 4 N–H and O–H groups in total. The maximum Gasteiger partial charge on any atom is 0.337 e. The van der Waals surface area contributed by atoms with Crippen molar-refractivity contribution in [3.05, 3.63) is 28.8 Å². The van der Waals surface area contributed by atoms with Crippen molar-refractivity contribution in [2.24, 2.45) is 11.1 Å². The van der Waals surface area contributed by atoms with Crippen molar-refractivity contribution in [1.29, 1.82) is 0 Å². The smallest absolute Gasteiger partial charge is 0.337 e. The van der Waals surface area contributed by atoms with Gasteiger partial charge in [-0.2, -0.15) is 0 Å². The lowest BCUT2D eigenvalue weighted by molar-refractivity contribution is -0.129. The first kappa shape index (κ1) is 13.8. The molecule has 1 aromatic carbocycles. The van der Waals surface area contributed by atoms with Crippen molar-refractivity contribution < 1.29 is 14.7 Å². The fourth-order valence-corrected chi connectivity index (χ4v) is 2.36. The maximum absolute atomic E-state index is 12.2. The van der Waals surface area contributed by atoms with Crippen LogP contribution in [0.2, 0.25) is 5.02 Å². The number of carboxylic acids is 1. The summed E-state index contributed by atoms with van der Waals surface area (Å²) in [4.78, 5) is 23.3. The summed E-state index contributed by atoms with van der Waals surface area (Å²) < 4.78 is 0. The van der Waals surface area contributed by atoms with Crippen LogP contribution in [0.1, 0.15) is 29.6 Å². The number of nitrogens with two attached hydrogens (primary N) is 1. The Hall–Kier alpha value is -1.59. The number of carbonyl (C=O) groups excluding carboxylic acids is 1. The number of nitrogens with one attached hydrogen (secondary N) is 1. The summed E-state index contributed by atoms with van der Waals surface area (Å²) in [5.74, 6) is -1.35. The van der Waals surface area contributed by atoms with Gasteiger partial charge in [0.2, 0.25) is 5.91 Å². The number of benzene rings is 1. The Morgan fingerprint density at radius 3 is 2.58 bits per heavy atom. The lowest BCUT2D eigenvalue weighted by atomic mass is 9.68. The van der Waals surface area contributed by atoms with Crippen LogP contribution in [0.5, 0.6) is 0 Å². The minimum Gasteiger partial charge on any atom is -0.478 e. The van der Waals surface area contributed by atoms with Crippen LogP contribution in [0.25, 0.3) is 0 Å². The third kappa shape index (κ3) is 2.57. The summed E-state index contributed by atoms with van der Waals surface area (Å²) >= 11 is 5.76. The summed E-state index contributed by atoms with van der Waals surface area (Å²) in [6, 6.07) is 4.35. The molecule has 0 saturated heterocycles. The predicted octanol–water partition coefficient (Wildman–Crippen LogP) is 2.11. The van der Waals surface area contributed by atoms with Crippen molar-refractivity contribution in [1.82, 2.24) is 0 Å². The second-order valence-corrected chi connectivity index (χ2v) is 5.22. The van der Waals surface area contributed by atoms with Crippen molar-refractivity contribution in [3.63, 3.8) is 0 Å². The van der Waals surface area contributed by atoms with Gasteiger partial charge < -0.3 is 16.2 Å². The fourth-order valence-electron chi connectivity index (χ4n) is 2.18. The van der Waals surface area contributed by atoms with E-state index in [0.717, 1.165) is 19.3 Å². The molecule has 0 heterocycles. The Morgan fingerprint density at radius 1 is 1.42 bits per heavy atom. The van der Waals surface area contributed by atoms with E-state index in [0.29, 0.717) is 5.02 Å². The number of anilines is 1. The zero-order valence-electron chi connectivity index (χ0n) is 10.3. The van der Waals surface area contributed by atoms with Crippen molar-refractivity contribution in [2.75, 3.05) is 11.9 Å². The summed E-state index contributed by atoms with van der Waals surface area (Å²) in [6.07, 6.45) is 2.45. The molecular formula is C13H15ClN2O3. The molecule has 0 aromatic heterocycles. The minimum absolute atomic E-state index is 0.0210. The molecule has 0 radical (unpaired) electrons. The van der Waals surface area contributed by atoms with Crippen molar-refractivity contribution >= 4 is 29.2 Å². The zero-order valence-corrected chi connectivity index (χ0v) is 11.0. The van der Waals surface area contributed by atoms with E-state index in [2.05, 4.69) is 5.32 Å². The first-order valence-corrected chi connectivity index (χ1v) is 6.41. The second kappa shape index (κ2) is 5.19. The van der Waals surface area contributed by atoms with E-state index in [1.807, 2.05) is 0 Å². The highest BCUT2D eigenvalue weighted by Gasteiger charge is 2.43. The summed E-state index contributed by atoms with van der Waals surface area (Å²) in [7, 11) is 0.